The van der Waals surface area contributed by atoms with E-state index < -0.39 is 10.0 Å². The monoisotopic (exact) mass is 298 g/mol. The van der Waals surface area contributed by atoms with E-state index in [1.54, 1.807) is 0 Å². The van der Waals surface area contributed by atoms with Gasteiger partial charge in [0.05, 0.1) is 11.9 Å². The van der Waals surface area contributed by atoms with Crippen molar-refractivity contribution in [3.05, 3.63) is 35.4 Å². The minimum atomic E-state index is -3.10. The van der Waals surface area contributed by atoms with Gasteiger partial charge in [0.2, 0.25) is 10.0 Å². The third-order valence-corrected chi connectivity index (χ3v) is 5.30. The Hall–Kier alpha value is -0.950. The van der Waals surface area contributed by atoms with Crippen molar-refractivity contribution in [3.63, 3.8) is 0 Å². The van der Waals surface area contributed by atoms with Gasteiger partial charge in [-0.25, -0.2) is 13.1 Å². The van der Waals surface area contributed by atoms with Gasteiger partial charge in [-0.15, -0.1) is 0 Å². The SMILES string of the molecule is CC(CNS(=O)(=O)C1CC1)NCc1cccc(CO)c1. The van der Waals surface area contributed by atoms with E-state index in [0.29, 0.717) is 13.1 Å². The maximum absolute atomic E-state index is 11.7. The maximum Gasteiger partial charge on any atom is 0.214 e. The van der Waals surface area contributed by atoms with Crippen molar-refractivity contribution >= 4 is 10.0 Å². The molecule has 0 radical (unpaired) electrons. The van der Waals surface area contributed by atoms with Crippen LogP contribution in [0.2, 0.25) is 0 Å². The Labute approximate surface area is 120 Å². The van der Waals surface area contributed by atoms with Crippen LogP contribution in [0.15, 0.2) is 24.3 Å². The van der Waals surface area contributed by atoms with Crippen molar-refractivity contribution in [3.8, 4) is 0 Å². The second-order valence-corrected chi connectivity index (χ2v) is 7.40. The van der Waals surface area contributed by atoms with Gasteiger partial charge in [-0.2, -0.15) is 0 Å². The van der Waals surface area contributed by atoms with Gasteiger partial charge < -0.3 is 10.4 Å². The van der Waals surface area contributed by atoms with Crippen molar-refractivity contribution in [1.29, 1.82) is 0 Å². The normalized spacial score (nSPS) is 17.1. The molecule has 0 saturated heterocycles. The van der Waals surface area contributed by atoms with E-state index in [4.69, 9.17) is 5.11 Å². The van der Waals surface area contributed by atoms with Gasteiger partial charge >= 0.3 is 0 Å². The zero-order chi connectivity index (χ0) is 14.6. The second kappa shape index (κ2) is 6.67. The summed E-state index contributed by atoms with van der Waals surface area (Å²) in [6.45, 7) is 3.04. The summed E-state index contributed by atoms with van der Waals surface area (Å²) in [5.74, 6) is 0. The molecule has 0 bridgehead atoms. The number of sulfonamides is 1. The van der Waals surface area contributed by atoms with Crippen molar-refractivity contribution < 1.29 is 13.5 Å². The fourth-order valence-corrected chi connectivity index (χ4v) is 3.41. The van der Waals surface area contributed by atoms with Crippen LogP contribution in [0.1, 0.15) is 30.9 Å². The lowest BCUT2D eigenvalue weighted by Crippen LogP contribution is -2.39. The zero-order valence-electron chi connectivity index (χ0n) is 11.7. The van der Waals surface area contributed by atoms with Crippen molar-refractivity contribution in [1.82, 2.24) is 10.0 Å². The number of rotatable bonds is 8. The molecule has 1 fully saturated rings. The molecule has 6 heteroatoms. The molecule has 20 heavy (non-hydrogen) atoms. The topological polar surface area (TPSA) is 78.4 Å². The van der Waals surface area contributed by atoms with Gasteiger partial charge in [0.25, 0.3) is 0 Å². The van der Waals surface area contributed by atoms with Crippen LogP contribution in [0, 0.1) is 0 Å². The van der Waals surface area contributed by atoms with Crippen LogP contribution < -0.4 is 10.0 Å². The van der Waals surface area contributed by atoms with E-state index in [-0.39, 0.29) is 17.9 Å². The first-order valence-corrected chi connectivity index (χ1v) is 8.46. The number of aliphatic hydroxyl groups excluding tert-OH is 1. The van der Waals surface area contributed by atoms with Crippen LogP contribution in [-0.4, -0.2) is 31.4 Å². The van der Waals surface area contributed by atoms with E-state index in [9.17, 15) is 8.42 Å². The second-order valence-electron chi connectivity index (χ2n) is 5.35. The molecule has 1 saturated carbocycles. The first-order chi connectivity index (χ1) is 9.51. The predicted molar refractivity (Wildman–Crippen MR) is 78.6 cm³/mol. The van der Waals surface area contributed by atoms with E-state index in [0.717, 1.165) is 24.0 Å². The average molecular weight is 298 g/mol. The van der Waals surface area contributed by atoms with Crippen LogP contribution in [0.3, 0.4) is 0 Å². The van der Waals surface area contributed by atoms with Gasteiger partial charge in [0.1, 0.15) is 0 Å². The summed E-state index contributed by atoms with van der Waals surface area (Å²) < 4.78 is 26.0. The summed E-state index contributed by atoms with van der Waals surface area (Å²) in [6.07, 6.45) is 1.57. The third-order valence-electron chi connectivity index (χ3n) is 3.38. The highest BCUT2D eigenvalue weighted by molar-refractivity contribution is 7.90. The summed E-state index contributed by atoms with van der Waals surface area (Å²) in [5.41, 5.74) is 1.96. The highest BCUT2D eigenvalue weighted by atomic mass is 32.2. The Morgan fingerprint density at radius 1 is 1.35 bits per heavy atom. The quantitative estimate of drug-likeness (QED) is 0.661. The van der Waals surface area contributed by atoms with Gasteiger partial charge in [-0.05, 0) is 30.9 Å². The van der Waals surface area contributed by atoms with Crippen molar-refractivity contribution in [2.24, 2.45) is 0 Å². The molecule has 0 heterocycles. The molecule has 1 aliphatic carbocycles. The summed E-state index contributed by atoms with van der Waals surface area (Å²) in [7, 11) is -3.10. The molecular weight excluding hydrogens is 276 g/mol. The Morgan fingerprint density at radius 3 is 2.70 bits per heavy atom. The van der Waals surface area contributed by atoms with E-state index in [2.05, 4.69) is 10.0 Å². The fourth-order valence-electron chi connectivity index (χ4n) is 1.94. The Balaban J connectivity index is 1.75. The first kappa shape index (κ1) is 15.4. The lowest BCUT2D eigenvalue weighted by atomic mass is 10.1. The van der Waals surface area contributed by atoms with Crippen molar-refractivity contribution in [2.45, 2.75) is 44.2 Å². The molecule has 1 aromatic rings. The van der Waals surface area contributed by atoms with Gasteiger partial charge in [0, 0.05) is 19.1 Å². The van der Waals surface area contributed by atoms with Gasteiger partial charge in [0.15, 0.2) is 0 Å². The molecule has 3 N–H and O–H groups in total. The molecule has 0 aliphatic heterocycles. The summed E-state index contributed by atoms with van der Waals surface area (Å²) in [4.78, 5) is 0. The van der Waals surface area contributed by atoms with Crippen LogP contribution in [0.4, 0.5) is 0 Å². The summed E-state index contributed by atoms with van der Waals surface area (Å²) in [5, 5.41) is 12.2. The Morgan fingerprint density at radius 2 is 2.05 bits per heavy atom. The number of aliphatic hydroxyl groups is 1. The minimum absolute atomic E-state index is 0.0323. The molecule has 1 aliphatic rings. The molecule has 2 rings (SSSR count). The Kier molecular flexibility index (Phi) is 5.15. The number of nitrogens with one attached hydrogen (secondary N) is 2. The van der Waals surface area contributed by atoms with Crippen LogP contribution >= 0.6 is 0 Å². The molecular formula is C14H22N2O3S. The van der Waals surface area contributed by atoms with Crippen LogP contribution in [0.25, 0.3) is 0 Å². The predicted octanol–water partition coefficient (Wildman–Crippen LogP) is 0.739. The standard InChI is InChI=1S/C14H22N2O3S/c1-11(8-16-20(18,19)14-5-6-14)15-9-12-3-2-4-13(7-12)10-17/h2-4,7,11,14-17H,5-6,8-10H2,1H3. The minimum Gasteiger partial charge on any atom is -0.392 e. The molecule has 5 nitrogen and oxygen atoms in total. The van der Waals surface area contributed by atoms with Gasteiger partial charge in [-0.1, -0.05) is 24.3 Å². The molecule has 0 spiro atoms. The molecule has 112 valence electrons. The highest BCUT2D eigenvalue weighted by Crippen LogP contribution is 2.27. The van der Waals surface area contributed by atoms with E-state index in [1.807, 2.05) is 31.2 Å². The van der Waals surface area contributed by atoms with Crippen molar-refractivity contribution in [2.75, 3.05) is 6.54 Å². The number of benzene rings is 1. The highest BCUT2D eigenvalue weighted by Gasteiger charge is 2.35. The smallest absolute Gasteiger partial charge is 0.214 e. The Bertz CT molecular complexity index is 541. The molecule has 1 aromatic carbocycles. The molecule has 1 atom stereocenters. The fraction of sp³-hybridized carbons (Fsp3) is 0.571. The maximum atomic E-state index is 11.7. The van der Waals surface area contributed by atoms with Crippen LogP contribution in [-0.2, 0) is 23.2 Å². The van der Waals surface area contributed by atoms with Gasteiger partial charge in [-0.3, -0.25) is 0 Å². The first-order valence-electron chi connectivity index (χ1n) is 6.92. The largest absolute Gasteiger partial charge is 0.392 e. The summed E-state index contributed by atoms with van der Waals surface area (Å²) in [6, 6.07) is 7.75. The van der Waals surface area contributed by atoms with Crippen LogP contribution in [0.5, 0.6) is 0 Å². The molecule has 1 unspecified atom stereocenters. The lowest BCUT2D eigenvalue weighted by Gasteiger charge is -2.15. The van der Waals surface area contributed by atoms with E-state index >= 15 is 0 Å². The lowest BCUT2D eigenvalue weighted by molar-refractivity contribution is 0.281. The molecule has 0 aromatic heterocycles. The van der Waals surface area contributed by atoms with E-state index in [1.165, 1.54) is 0 Å². The average Bonchev–Trinajstić information content (AvgIpc) is 3.28. The number of hydrogen-bond donors (Lipinski definition) is 3. The molecule has 0 amide bonds. The third kappa shape index (κ3) is 4.56. The number of hydrogen-bond acceptors (Lipinski definition) is 4. The summed E-state index contributed by atoms with van der Waals surface area (Å²) >= 11 is 0. The zero-order valence-corrected chi connectivity index (χ0v) is 12.5.